The number of nitro benzene ring substituents is 1. The highest BCUT2D eigenvalue weighted by molar-refractivity contribution is 6.31. The van der Waals surface area contributed by atoms with Crippen molar-refractivity contribution in [3.63, 3.8) is 0 Å². The summed E-state index contributed by atoms with van der Waals surface area (Å²) in [5, 5.41) is 14.9. The third-order valence-corrected chi connectivity index (χ3v) is 5.29. The Balaban J connectivity index is 1.55. The summed E-state index contributed by atoms with van der Waals surface area (Å²) in [4.78, 5) is 12.7. The van der Waals surface area contributed by atoms with Crippen molar-refractivity contribution in [1.82, 2.24) is 10.2 Å². The van der Waals surface area contributed by atoms with Crippen molar-refractivity contribution >= 4 is 17.3 Å². The van der Waals surface area contributed by atoms with Crippen molar-refractivity contribution in [2.75, 3.05) is 19.6 Å². The maximum atomic E-state index is 10.7. The zero-order valence-corrected chi connectivity index (χ0v) is 13.4. The van der Waals surface area contributed by atoms with Crippen LogP contribution in [0, 0.1) is 16.0 Å². The van der Waals surface area contributed by atoms with Crippen molar-refractivity contribution in [3.8, 4) is 0 Å². The van der Waals surface area contributed by atoms with Gasteiger partial charge in [0.25, 0.3) is 5.69 Å². The van der Waals surface area contributed by atoms with Gasteiger partial charge in [-0.2, -0.15) is 0 Å². The number of piperidine rings is 1. The normalized spacial score (nSPS) is 23.8. The fourth-order valence-corrected chi connectivity index (χ4v) is 3.88. The summed E-state index contributed by atoms with van der Waals surface area (Å²) in [6.07, 6.45) is 5.08. The van der Waals surface area contributed by atoms with E-state index in [4.69, 9.17) is 11.6 Å². The number of hydrogen-bond acceptors (Lipinski definition) is 4. The Morgan fingerprint density at radius 2 is 2.09 bits per heavy atom. The summed E-state index contributed by atoms with van der Waals surface area (Å²) in [5.41, 5.74) is 1.03. The van der Waals surface area contributed by atoms with Gasteiger partial charge in [-0.15, -0.1) is 0 Å². The smallest absolute Gasteiger partial charge is 0.270 e. The minimum Gasteiger partial charge on any atom is -0.314 e. The van der Waals surface area contributed by atoms with Crippen LogP contribution >= 0.6 is 11.6 Å². The van der Waals surface area contributed by atoms with Gasteiger partial charge in [-0.3, -0.25) is 15.0 Å². The van der Waals surface area contributed by atoms with Gasteiger partial charge in [-0.25, -0.2) is 0 Å². The molecule has 0 saturated carbocycles. The summed E-state index contributed by atoms with van der Waals surface area (Å²) in [6, 6.07) is 5.48. The van der Waals surface area contributed by atoms with Gasteiger partial charge in [0.1, 0.15) is 0 Å². The predicted molar refractivity (Wildman–Crippen MR) is 87.1 cm³/mol. The van der Waals surface area contributed by atoms with Gasteiger partial charge in [-0.05, 0) is 62.9 Å². The predicted octanol–water partition coefficient (Wildman–Crippen LogP) is 3.21. The van der Waals surface area contributed by atoms with Gasteiger partial charge in [0, 0.05) is 24.7 Å². The number of halogens is 1. The molecule has 6 heteroatoms. The van der Waals surface area contributed by atoms with E-state index in [1.807, 2.05) is 0 Å². The van der Waals surface area contributed by atoms with E-state index in [0.717, 1.165) is 31.1 Å². The molecule has 1 atom stereocenters. The molecule has 0 bridgehead atoms. The SMILES string of the molecule is O=[N+]([O-])c1ccc(CN2CCC(C3CCCN3)CC2)c(Cl)c1. The zero-order valence-electron chi connectivity index (χ0n) is 12.6. The number of hydrogen-bond donors (Lipinski definition) is 1. The maximum Gasteiger partial charge on any atom is 0.270 e. The second-order valence-corrected chi connectivity index (χ2v) is 6.76. The van der Waals surface area contributed by atoms with Crippen LogP contribution in [0.25, 0.3) is 0 Å². The second kappa shape index (κ2) is 6.94. The molecular weight excluding hydrogens is 302 g/mol. The third-order valence-electron chi connectivity index (χ3n) is 4.94. The van der Waals surface area contributed by atoms with Crippen LogP contribution in [0.15, 0.2) is 18.2 Å². The van der Waals surface area contributed by atoms with Crippen molar-refractivity contribution in [1.29, 1.82) is 0 Å². The molecule has 2 aliphatic heterocycles. The highest BCUT2D eigenvalue weighted by Crippen LogP contribution is 2.28. The van der Waals surface area contributed by atoms with Gasteiger partial charge in [0.15, 0.2) is 0 Å². The summed E-state index contributed by atoms with van der Waals surface area (Å²) < 4.78 is 0. The quantitative estimate of drug-likeness (QED) is 0.683. The maximum absolute atomic E-state index is 10.7. The highest BCUT2D eigenvalue weighted by atomic mass is 35.5. The van der Waals surface area contributed by atoms with Crippen molar-refractivity contribution in [3.05, 3.63) is 38.9 Å². The van der Waals surface area contributed by atoms with Crippen LogP contribution in [0.1, 0.15) is 31.2 Å². The Kier molecular flexibility index (Phi) is 4.96. The summed E-state index contributed by atoms with van der Waals surface area (Å²) in [5.74, 6) is 0.797. The van der Waals surface area contributed by atoms with Gasteiger partial charge in [0.2, 0.25) is 0 Å². The fourth-order valence-electron chi connectivity index (χ4n) is 3.65. The number of rotatable bonds is 4. The Labute approximate surface area is 135 Å². The van der Waals surface area contributed by atoms with E-state index in [1.54, 1.807) is 6.07 Å². The van der Waals surface area contributed by atoms with E-state index in [-0.39, 0.29) is 5.69 Å². The third kappa shape index (κ3) is 3.59. The van der Waals surface area contributed by atoms with E-state index < -0.39 is 4.92 Å². The van der Waals surface area contributed by atoms with Crippen molar-refractivity contribution in [2.45, 2.75) is 38.3 Å². The molecule has 0 radical (unpaired) electrons. The lowest BCUT2D eigenvalue weighted by molar-refractivity contribution is -0.384. The molecule has 1 unspecified atom stereocenters. The number of nitrogens with zero attached hydrogens (tertiary/aromatic N) is 2. The zero-order chi connectivity index (χ0) is 15.5. The van der Waals surface area contributed by atoms with Crippen LogP contribution in [0.4, 0.5) is 5.69 Å². The average molecular weight is 324 g/mol. The molecule has 1 aromatic rings. The molecule has 0 aliphatic carbocycles. The number of benzene rings is 1. The molecule has 1 N–H and O–H groups in total. The topological polar surface area (TPSA) is 58.4 Å². The lowest BCUT2D eigenvalue weighted by atomic mass is 9.88. The van der Waals surface area contributed by atoms with Crippen LogP contribution in [0.3, 0.4) is 0 Å². The molecule has 2 saturated heterocycles. The number of non-ortho nitro benzene ring substituents is 1. The standard InChI is InChI=1S/C16H22ClN3O2/c17-15-10-14(20(21)22)4-3-13(15)11-19-8-5-12(6-9-19)16-2-1-7-18-16/h3-4,10,12,16,18H,1-2,5-9,11H2. The molecule has 3 rings (SSSR count). The molecule has 22 heavy (non-hydrogen) atoms. The Morgan fingerprint density at radius 3 is 2.68 bits per heavy atom. The van der Waals surface area contributed by atoms with Crippen LogP contribution in [0.2, 0.25) is 5.02 Å². The first-order valence-corrected chi connectivity index (χ1v) is 8.40. The molecule has 2 aliphatic rings. The van der Waals surface area contributed by atoms with Crippen molar-refractivity contribution < 1.29 is 4.92 Å². The van der Waals surface area contributed by atoms with E-state index in [9.17, 15) is 10.1 Å². The molecule has 2 heterocycles. The summed E-state index contributed by atoms with van der Waals surface area (Å²) in [6.45, 7) is 4.11. The summed E-state index contributed by atoms with van der Waals surface area (Å²) in [7, 11) is 0. The average Bonchev–Trinajstić information content (AvgIpc) is 3.04. The number of nitro groups is 1. The number of nitrogens with one attached hydrogen (secondary N) is 1. The molecule has 0 amide bonds. The molecule has 2 fully saturated rings. The fraction of sp³-hybridized carbons (Fsp3) is 0.625. The molecular formula is C16H22ClN3O2. The molecule has 5 nitrogen and oxygen atoms in total. The lowest BCUT2D eigenvalue weighted by Gasteiger charge is -2.35. The first-order valence-electron chi connectivity index (χ1n) is 8.02. The van der Waals surface area contributed by atoms with E-state index >= 15 is 0 Å². The lowest BCUT2D eigenvalue weighted by Crippen LogP contribution is -2.40. The molecule has 120 valence electrons. The molecule has 0 spiro atoms. The highest BCUT2D eigenvalue weighted by Gasteiger charge is 2.28. The second-order valence-electron chi connectivity index (χ2n) is 6.35. The molecule has 0 aromatic heterocycles. The van der Waals surface area contributed by atoms with Crippen LogP contribution in [0.5, 0.6) is 0 Å². The first kappa shape index (κ1) is 15.7. The van der Waals surface area contributed by atoms with Gasteiger partial charge < -0.3 is 5.32 Å². The summed E-state index contributed by atoms with van der Waals surface area (Å²) >= 11 is 6.18. The number of likely N-dealkylation sites (tertiary alicyclic amines) is 1. The largest absolute Gasteiger partial charge is 0.314 e. The Bertz CT molecular complexity index is 538. The van der Waals surface area contributed by atoms with Crippen LogP contribution in [-0.2, 0) is 6.54 Å². The Hall–Kier alpha value is -1.17. The van der Waals surface area contributed by atoms with E-state index in [0.29, 0.717) is 11.1 Å². The first-order chi connectivity index (χ1) is 10.6. The van der Waals surface area contributed by atoms with Crippen LogP contribution in [-0.4, -0.2) is 35.5 Å². The molecule has 1 aromatic carbocycles. The van der Waals surface area contributed by atoms with Gasteiger partial charge in [0.05, 0.1) is 9.95 Å². The van der Waals surface area contributed by atoms with Crippen molar-refractivity contribution in [2.24, 2.45) is 5.92 Å². The monoisotopic (exact) mass is 323 g/mol. The minimum absolute atomic E-state index is 0.0553. The van der Waals surface area contributed by atoms with Crippen LogP contribution < -0.4 is 5.32 Å². The van der Waals surface area contributed by atoms with E-state index in [2.05, 4.69) is 10.2 Å². The minimum atomic E-state index is -0.407. The van der Waals surface area contributed by atoms with Gasteiger partial charge in [-0.1, -0.05) is 11.6 Å². The Morgan fingerprint density at radius 1 is 1.32 bits per heavy atom. The van der Waals surface area contributed by atoms with Gasteiger partial charge >= 0.3 is 0 Å². The van der Waals surface area contributed by atoms with E-state index in [1.165, 1.54) is 44.4 Å².